The van der Waals surface area contributed by atoms with Crippen molar-refractivity contribution in [2.75, 3.05) is 0 Å². The fraction of sp³-hybridized carbons (Fsp3) is 0.312. The number of pyridine rings is 1. The summed E-state index contributed by atoms with van der Waals surface area (Å²) in [5.41, 5.74) is 5.05. The highest BCUT2D eigenvalue weighted by Gasteiger charge is 2.30. The molecule has 3 aromatic heterocycles. The summed E-state index contributed by atoms with van der Waals surface area (Å²) in [6, 6.07) is 4.08. The molecule has 4 rings (SSSR count). The molecule has 0 N–H and O–H groups in total. The monoisotopic (exact) mass is 280 g/mol. The summed E-state index contributed by atoms with van der Waals surface area (Å²) in [7, 11) is 1.92. The summed E-state index contributed by atoms with van der Waals surface area (Å²) in [4.78, 5) is 11.7. The molecule has 21 heavy (non-hydrogen) atoms. The van der Waals surface area contributed by atoms with Gasteiger partial charge in [0.1, 0.15) is 0 Å². The Morgan fingerprint density at radius 3 is 2.67 bits per heavy atom. The molecule has 0 spiro atoms. The van der Waals surface area contributed by atoms with Crippen LogP contribution in [0, 0.1) is 0 Å². The predicted octanol–water partition coefficient (Wildman–Crippen LogP) is 2.81. The van der Waals surface area contributed by atoms with Crippen molar-refractivity contribution in [3.8, 4) is 11.1 Å². The first kappa shape index (κ1) is 12.3. The standard InChI is InChI=1S/C16H16N4O/c1-10(21)14-8-18-20-15(14)6-5-13(16(20)11-3-4-11)12-7-17-19(2)9-12/h5-9,11H,3-4H2,1-2H3. The topological polar surface area (TPSA) is 52.2 Å². The zero-order valence-corrected chi connectivity index (χ0v) is 12.1. The summed E-state index contributed by atoms with van der Waals surface area (Å²) < 4.78 is 3.75. The van der Waals surface area contributed by atoms with Crippen LogP contribution < -0.4 is 0 Å². The largest absolute Gasteiger partial charge is 0.294 e. The first-order valence-corrected chi connectivity index (χ1v) is 7.16. The van der Waals surface area contributed by atoms with Crippen LogP contribution in [0.4, 0.5) is 0 Å². The molecular formula is C16H16N4O. The number of hydrogen-bond donors (Lipinski definition) is 0. The minimum absolute atomic E-state index is 0.0564. The van der Waals surface area contributed by atoms with Crippen molar-refractivity contribution in [1.29, 1.82) is 0 Å². The van der Waals surface area contributed by atoms with E-state index in [0.29, 0.717) is 11.5 Å². The highest BCUT2D eigenvalue weighted by Crippen LogP contribution is 2.44. The number of ketones is 1. The molecule has 106 valence electrons. The Morgan fingerprint density at radius 1 is 1.24 bits per heavy atom. The average Bonchev–Trinajstić information content (AvgIpc) is 3.04. The zero-order chi connectivity index (χ0) is 14.6. The van der Waals surface area contributed by atoms with E-state index in [2.05, 4.69) is 16.3 Å². The molecular weight excluding hydrogens is 264 g/mol. The van der Waals surface area contributed by atoms with Gasteiger partial charge >= 0.3 is 0 Å². The van der Waals surface area contributed by atoms with E-state index < -0.39 is 0 Å². The number of aromatic nitrogens is 4. The van der Waals surface area contributed by atoms with Gasteiger partial charge in [0, 0.05) is 30.3 Å². The van der Waals surface area contributed by atoms with Gasteiger partial charge in [0.25, 0.3) is 0 Å². The normalized spacial score (nSPS) is 14.8. The molecule has 0 aromatic carbocycles. The molecule has 1 fully saturated rings. The molecule has 0 bridgehead atoms. The van der Waals surface area contributed by atoms with Crippen LogP contribution in [0.25, 0.3) is 16.6 Å². The van der Waals surface area contributed by atoms with Gasteiger partial charge in [-0.05, 0) is 25.8 Å². The number of carbonyl (C=O) groups is 1. The summed E-state index contributed by atoms with van der Waals surface area (Å²) in [6.07, 6.45) is 7.94. The Bertz CT molecular complexity index is 854. The minimum atomic E-state index is 0.0564. The van der Waals surface area contributed by atoms with E-state index >= 15 is 0 Å². The molecule has 5 nitrogen and oxygen atoms in total. The molecule has 0 aliphatic heterocycles. The fourth-order valence-corrected chi connectivity index (χ4v) is 2.90. The van der Waals surface area contributed by atoms with Crippen LogP contribution in [0.1, 0.15) is 41.7 Å². The lowest BCUT2D eigenvalue weighted by Crippen LogP contribution is -2.01. The Labute approximate surface area is 122 Å². The lowest BCUT2D eigenvalue weighted by atomic mass is 10.0. The first-order valence-electron chi connectivity index (χ1n) is 7.16. The second-order valence-electron chi connectivity index (χ2n) is 5.72. The van der Waals surface area contributed by atoms with Crippen LogP contribution in [0.3, 0.4) is 0 Å². The predicted molar refractivity (Wildman–Crippen MR) is 79.4 cm³/mol. The number of carbonyl (C=O) groups excluding carboxylic acids is 1. The molecule has 1 aliphatic carbocycles. The molecule has 1 aliphatic rings. The molecule has 0 saturated heterocycles. The first-order chi connectivity index (χ1) is 10.1. The van der Waals surface area contributed by atoms with Gasteiger partial charge in [0.2, 0.25) is 0 Å². The van der Waals surface area contributed by atoms with Crippen molar-refractivity contribution < 1.29 is 4.79 Å². The third kappa shape index (κ3) is 1.88. The lowest BCUT2D eigenvalue weighted by Gasteiger charge is -2.10. The maximum absolute atomic E-state index is 11.7. The van der Waals surface area contributed by atoms with E-state index in [1.165, 1.54) is 18.5 Å². The van der Waals surface area contributed by atoms with Crippen molar-refractivity contribution in [2.45, 2.75) is 25.7 Å². The second kappa shape index (κ2) is 4.28. The van der Waals surface area contributed by atoms with Gasteiger partial charge in [-0.15, -0.1) is 0 Å². The van der Waals surface area contributed by atoms with Crippen LogP contribution in [0.15, 0.2) is 30.7 Å². The molecule has 0 unspecified atom stereocenters. The second-order valence-corrected chi connectivity index (χ2v) is 5.72. The number of rotatable bonds is 3. The summed E-state index contributed by atoms with van der Waals surface area (Å²) >= 11 is 0. The van der Waals surface area contributed by atoms with Crippen molar-refractivity contribution in [1.82, 2.24) is 19.4 Å². The van der Waals surface area contributed by atoms with Gasteiger partial charge in [-0.1, -0.05) is 6.07 Å². The maximum atomic E-state index is 11.7. The van der Waals surface area contributed by atoms with Crippen molar-refractivity contribution in [3.05, 3.63) is 42.0 Å². The van der Waals surface area contributed by atoms with Gasteiger partial charge in [0.15, 0.2) is 5.78 Å². The van der Waals surface area contributed by atoms with Gasteiger partial charge in [0.05, 0.1) is 29.2 Å². The van der Waals surface area contributed by atoms with Crippen LogP contribution in [0.5, 0.6) is 0 Å². The lowest BCUT2D eigenvalue weighted by molar-refractivity contribution is 0.101. The van der Waals surface area contributed by atoms with E-state index in [-0.39, 0.29) is 5.78 Å². The number of hydrogen-bond acceptors (Lipinski definition) is 3. The Hall–Kier alpha value is -2.43. The van der Waals surface area contributed by atoms with Gasteiger partial charge < -0.3 is 0 Å². The third-order valence-corrected chi connectivity index (χ3v) is 4.08. The van der Waals surface area contributed by atoms with E-state index in [1.54, 1.807) is 17.8 Å². The smallest absolute Gasteiger partial charge is 0.163 e. The molecule has 3 aromatic rings. The Morgan fingerprint density at radius 2 is 2.05 bits per heavy atom. The fourth-order valence-electron chi connectivity index (χ4n) is 2.90. The van der Waals surface area contributed by atoms with Crippen molar-refractivity contribution >= 4 is 11.3 Å². The Balaban J connectivity index is 2.00. The molecule has 0 atom stereocenters. The highest BCUT2D eigenvalue weighted by molar-refractivity contribution is 6.00. The van der Waals surface area contributed by atoms with Crippen molar-refractivity contribution in [2.24, 2.45) is 7.05 Å². The van der Waals surface area contributed by atoms with E-state index in [1.807, 2.05) is 30.0 Å². The molecule has 1 saturated carbocycles. The van der Waals surface area contributed by atoms with E-state index in [0.717, 1.165) is 16.6 Å². The van der Waals surface area contributed by atoms with Crippen LogP contribution in [-0.4, -0.2) is 25.2 Å². The van der Waals surface area contributed by atoms with Crippen LogP contribution in [-0.2, 0) is 7.05 Å². The maximum Gasteiger partial charge on any atom is 0.163 e. The third-order valence-electron chi connectivity index (χ3n) is 4.08. The van der Waals surface area contributed by atoms with E-state index in [9.17, 15) is 4.79 Å². The number of aryl methyl sites for hydroxylation is 1. The molecule has 3 heterocycles. The van der Waals surface area contributed by atoms with Crippen molar-refractivity contribution in [3.63, 3.8) is 0 Å². The number of nitrogens with zero attached hydrogens (tertiary/aromatic N) is 4. The average molecular weight is 280 g/mol. The van der Waals surface area contributed by atoms with Crippen LogP contribution in [0.2, 0.25) is 0 Å². The SMILES string of the molecule is CC(=O)c1cnn2c(C3CC3)c(-c3cnn(C)c3)ccc12. The number of Topliss-reactive ketones (excluding diaryl/α,β-unsaturated/α-hetero) is 1. The van der Waals surface area contributed by atoms with Gasteiger partial charge in [-0.25, -0.2) is 4.52 Å². The zero-order valence-electron chi connectivity index (χ0n) is 12.1. The summed E-state index contributed by atoms with van der Waals surface area (Å²) in [5.74, 6) is 0.587. The molecule has 5 heteroatoms. The highest BCUT2D eigenvalue weighted by atomic mass is 16.1. The summed E-state index contributed by atoms with van der Waals surface area (Å²) in [6.45, 7) is 1.59. The molecule has 0 amide bonds. The number of fused-ring (bicyclic) bond motifs is 1. The molecule has 0 radical (unpaired) electrons. The Kier molecular flexibility index (Phi) is 2.51. The summed E-state index contributed by atoms with van der Waals surface area (Å²) in [5, 5.41) is 8.72. The minimum Gasteiger partial charge on any atom is -0.294 e. The van der Waals surface area contributed by atoms with Crippen LogP contribution >= 0.6 is 0 Å². The van der Waals surface area contributed by atoms with Gasteiger partial charge in [-0.3, -0.25) is 9.48 Å². The van der Waals surface area contributed by atoms with E-state index in [4.69, 9.17) is 0 Å². The van der Waals surface area contributed by atoms with Gasteiger partial charge in [-0.2, -0.15) is 10.2 Å². The quantitative estimate of drug-likeness (QED) is 0.693.